The Kier molecular flexibility index (Phi) is 4.37. The van der Waals surface area contributed by atoms with Crippen LogP contribution in [0.25, 0.3) is 0 Å². The van der Waals surface area contributed by atoms with Crippen molar-refractivity contribution in [2.75, 3.05) is 0 Å². The minimum absolute atomic E-state index is 0.0199. The molecule has 1 N–H and O–H groups in total. The zero-order valence-corrected chi connectivity index (χ0v) is 13.1. The van der Waals surface area contributed by atoms with E-state index in [1.54, 1.807) is 18.2 Å². The maximum absolute atomic E-state index is 12.1. The molecular formula is C18H16N2O4. The summed E-state index contributed by atoms with van der Waals surface area (Å²) in [6.07, 6.45) is 9.89. The van der Waals surface area contributed by atoms with Crippen LogP contribution in [0.4, 0.5) is 0 Å². The van der Waals surface area contributed by atoms with Crippen LogP contribution in [0, 0.1) is 5.92 Å². The van der Waals surface area contributed by atoms with Gasteiger partial charge in [-0.2, -0.15) is 0 Å². The molecule has 0 saturated heterocycles. The van der Waals surface area contributed by atoms with Crippen LogP contribution in [0.5, 0.6) is 0 Å². The summed E-state index contributed by atoms with van der Waals surface area (Å²) in [5.41, 5.74) is 1.88. The van der Waals surface area contributed by atoms with Crippen molar-refractivity contribution in [2.45, 2.75) is 19.8 Å². The lowest BCUT2D eigenvalue weighted by Crippen LogP contribution is -2.33. The van der Waals surface area contributed by atoms with E-state index >= 15 is 0 Å². The van der Waals surface area contributed by atoms with Gasteiger partial charge >= 0.3 is 5.63 Å². The molecule has 0 radical (unpaired) electrons. The minimum Gasteiger partial charge on any atom is -0.430 e. The number of carbonyl (C=O) groups excluding carboxylic acids is 2. The Morgan fingerprint density at radius 3 is 2.83 bits per heavy atom. The fourth-order valence-corrected chi connectivity index (χ4v) is 2.72. The third-order valence-corrected chi connectivity index (χ3v) is 3.80. The van der Waals surface area contributed by atoms with Crippen molar-refractivity contribution in [3.63, 3.8) is 0 Å². The number of nitrogens with zero attached hydrogens (tertiary/aromatic N) is 1. The summed E-state index contributed by atoms with van der Waals surface area (Å²) in [5, 5.41) is 2.80. The molecule has 1 atom stereocenters. The van der Waals surface area contributed by atoms with Gasteiger partial charge in [-0.25, -0.2) is 9.79 Å². The zero-order valence-electron chi connectivity index (χ0n) is 13.1. The van der Waals surface area contributed by atoms with E-state index in [2.05, 4.69) is 21.7 Å². The number of rotatable bonds is 3. The number of aliphatic imine (C=N–C) groups is 1. The van der Waals surface area contributed by atoms with E-state index < -0.39 is 11.5 Å². The number of allylic oxidation sites excluding steroid dienone is 3. The first-order valence-electron chi connectivity index (χ1n) is 7.70. The molecule has 1 aliphatic heterocycles. The van der Waals surface area contributed by atoms with Crippen molar-refractivity contribution in [3.8, 4) is 0 Å². The minimum atomic E-state index is -0.526. The Morgan fingerprint density at radius 1 is 1.29 bits per heavy atom. The Morgan fingerprint density at radius 2 is 2.12 bits per heavy atom. The van der Waals surface area contributed by atoms with E-state index in [0.717, 1.165) is 30.4 Å². The first kappa shape index (κ1) is 15.9. The van der Waals surface area contributed by atoms with Gasteiger partial charge in [0.2, 0.25) is 5.91 Å². The standard InChI is InChI=1S/C18H16N2O4/c1-2-3-11-8-16(21)20-15-9-13(5-6-14(11)15)19-18(23)12-4-7-17(22)24-10-12/h4-10,14H,2-3H2,1H3,(H,20,21). The van der Waals surface area contributed by atoms with Crippen LogP contribution < -0.4 is 10.9 Å². The van der Waals surface area contributed by atoms with Crippen molar-refractivity contribution in [1.82, 2.24) is 5.32 Å². The fourth-order valence-electron chi connectivity index (χ4n) is 2.72. The van der Waals surface area contributed by atoms with E-state index in [9.17, 15) is 14.4 Å². The van der Waals surface area contributed by atoms with Crippen LogP contribution in [0.1, 0.15) is 30.1 Å². The van der Waals surface area contributed by atoms with Gasteiger partial charge in [0.1, 0.15) is 6.26 Å². The summed E-state index contributed by atoms with van der Waals surface area (Å²) in [5.74, 6) is -0.654. The van der Waals surface area contributed by atoms with E-state index in [-0.39, 0.29) is 17.4 Å². The molecule has 2 aliphatic rings. The van der Waals surface area contributed by atoms with Gasteiger partial charge in [-0.05, 0) is 24.6 Å². The number of fused-ring (bicyclic) bond motifs is 1. The first-order valence-corrected chi connectivity index (χ1v) is 7.70. The van der Waals surface area contributed by atoms with Gasteiger partial charge in [-0.3, -0.25) is 9.59 Å². The number of hydrogen-bond acceptors (Lipinski definition) is 4. The normalized spacial score (nSPS) is 21.0. The Bertz CT molecular complexity index is 851. The summed E-state index contributed by atoms with van der Waals surface area (Å²) in [7, 11) is 0. The predicted molar refractivity (Wildman–Crippen MR) is 88.6 cm³/mol. The molecule has 1 aliphatic carbocycles. The predicted octanol–water partition coefficient (Wildman–Crippen LogP) is 2.15. The van der Waals surface area contributed by atoms with Crippen LogP contribution in [0.3, 0.4) is 0 Å². The summed E-state index contributed by atoms with van der Waals surface area (Å²) < 4.78 is 4.67. The second kappa shape index (κ2) is 6.62. The van der Waals surface area contributed by atoms with Crippen LogP contribution in [-0.4, -0.2) is 17.5 Å². The van der Waals surface area contributed by atoms with Crippen LogP contribution in [-0.2, 0) is 4.79 Å². The molecular weight excluding hydrogens is 308 g/mol. The van der Waals surface area contributed by atoms with Crippen molar-refractivity contribution >= 4 is 17.5 Å². The molecule has 24 heavy (non-hydrogen) atoms. The van der Waals surface area contributed by atoms with Crippen LogP contribution in [0.15, 0.2) is 68.2 Å². The van der Waals surface area contributed by atoms with E-state index in [0.29, 0.717) is 5.71 Å². The molecule has 0 aromatic carbocycles. The zero-order chi connectivity index (χ0) is 17.1. The summed E-state index contributed by atoms with van der Waals surface area (Å²) in [6, 6.07) is 2.53. The molecule has 122 valence electrons. The average molecular weight is 324 g/mol. The monoisotopic (exact) mass is 324 g/mol. The van der Waals surface area contributed by atoms with Gasteiger partial charge in [0.05, 0.1) is 11.3 Å². The SMILES string of the molecule is CCCC1=CC(=O)NC2=CC(=NC(=O)c3ccc(=O)oc3)C=CC12. The largest absolute Gasteiger partial charge is 0.430 e. The van der Waals surface area contributed by atoms with E-state index in [4.69, 9.17) is 0 Å². The number of amides is 2. The smallest absolute Gasteiger partial charge is 0.335 e. The quantitative estimate of drug-likeness (QED) is 0.922. The van der Waals surface area contributed by atoms with Crippen LogP contribution >= 0.6 is 0 Å². The third-order valence-electron chi connectivity index (χ3n) is 3.80. The molecule has 0 spiro atoms. The molecule has 1 aromatic rings. The highest BCUT2D eigenvalue weighted by Gasteiger charge is 2.25. The fraction of sp³-hybridized carbons (Fsp3) is 0.222. The number of carbonyl (C=O) groups is 2. The van der Waals surface area contributed by atoms with Gasteiger partial charge < -0.3 is 9.73 Å². The average Bonchev–Trinajstić information content (AvgIpc) is 2.55. The highest BCUT2D eigenvalue weighted by Crippen LogP contribution is 2.29. The van der Waals surface area contributed by atoms with Gasteiger partial charge in [0.25, 0.3) is 5.91 Å². The van der Waals surface area contributed by atoms with Gasteiger partial charge in [-0.1, -0.05) is 25.0 Å². The van der Waals surface area contributed by atoms with E-state index in [1.807, 2.05) is 6.08 Å². The molecule has 0 fully saturated rings. The van der Waals surface area contributed by atoms with Crippen LogP contribution in [0.2, 0.25) is 0 Å². The van der Waals surface area contributed by atoms with Crippen molar-refractivity contribution < 1.29 is 14.0 Å². The van der Waals surface area contributed by atoms with Crippen molar-refractivity contribution in [3.05, 3.63) is 70.0 Å². The lowest BCUT2D eigenvalue weighted by atomic mass is 9.85. The van der Waals surface area contributed by atoms with Crippen molar-refractivity contribution in [1.29, 1.82) is 0 Å². The Balaban J connectivity index is 1.85. The summed E-state index contributed by atoms with van der Waals surface area (Å²) in [6.45, 7) is 2.06. The molecule has 2 amide bonds. The molecule has 3 rings (SSSR count). The molecule has 6 nitrogen and oxygen atoms in total. The summed E-state index contributed by atoms with van der Waals surface area (Å²) >= 11 is 0. The Hall–Kier alpha value is -3.02. The molecule has 2 heterocycles. The third kappa shape index (κ3) is 3.32. The maximum atomic E-state index is 12.1. The molecule has 0 bridgehead atoms. The lowest BCUT2D eigenvalue weighted by molar-refractivity contribution is -0.116. The first-order chi connectivity index (χ1) is 11.6. The topological polar surface area (TPSA) is 88.7 Å². The Labute approximate surface area is 138 Å². The number of hydrogen-bond donors (Lipinski definition) is 1. The second-order valence-electron chi connectivity index (χ2n) is 5.58. The second-order valence-corrected chi connectivity index (χ2v) is 5.58. The van der Waals surface area contributed by atoms with Gasteiger partial charge in [-0.15, -0.1) is 0 Å². The summed E-state index contributed by atoms with van der Waals surface area (Å²) in [4.78, 5) is 38.8. The van der Waals surface area contributed by atoms with Crippen molar-refractivity contribution in [2.24, 2.45) is 10.9 Å². The maximum Gasteiger partial charge on any atom is 0.335 e. The highest BCUT2D eigenvalue weighted by atomic mass is 16.4. The molecule has 0 saturated carbocycles. The highest BCUT2D eigenvalue weighted by molar-refractivity contribution is 6.14. The molecule has 1 aromatic heterocycles. The van der Waals surface area contributed by atoms with E-state index in [1.165, 1.54) is 12.1 Å². The van der Waals surface area contributed by atoms with Gasteiger partial charge in [0, 0.05) is 23.8 Å². The van der Waals surface area contributed by atoms with Gasteiger partial charge in [0.15, 0.2) is 0 Å². The number of nitrogens with one attached hydrogen (secondary N) is 1. The molecule has 1 unspecified atom stereocenters. The lowest BCUT2D eigenvalue weighted by Gasteiger charge is -2.27. The molecule has 6 heteroatoms.